The zero-order valence-electron chi connectivity index (χ0n) is 16.6. The molecular weight excluding hydrogens is 370 g/mol. The number of carbonyl (C=O) groups is 1. The first-order valence-corrected chi connectivity index (χ1v) is 9.15. The molecule has 0 spiro atoms. The second-order valence-electron chi connectivity index (χ2n) is 6.79. The molecule has 0 unspecified atom stereocenters. The average molecular weight is 391 g/mol. The van der Waals surface area contributed by atoms with E-state index in [-0.39, 0.29) is 11.2 Å². The van der Waals surface area contributed by atoms with Crippen LogP contribution in [0.5, 0.6) is 5.75 Å². The number of aromatic nitrogens is 2. The molecule has 0 atom stereocenters. The van der Waals surface area contributed by atoms with Crippen LogP contribution in [-0.4, -0.2) is 22.4 Å². The van der Waals surface area contributed by atoms with E-state index in [1.54, 1.807) is 50.9 Å². The van der Waals surface area contributed by atoms with E-state index < -0.39 is 5.91 Å². The summed E-state index contributed by atoms with van der Waals surface area (Å²) in [5, 5.41) is 3.42. The summed E-state index contributed by atoms with van der Waals surface area (Å²) in [5.41, 5.74) is 2.27. The van der Waals surface area contributed by atoms with Crippen molar-refractivity contribution in [3.63, 3.8) is 0 Å². The van der Waals surface area contributed by atoms with Crippen molar-refractivity contribution in [2.45, 2.75) is 13.8 Å². The Balaban J connectivity index is 1.78. The van der Waals surface area contributed by atoms with Crippen LogP contribution in [0.15, 0.2) is 57.7 Å². The van der Waals surface area contributed by atoms with Gasteiger partial charge in [-0.2, -0.15) is 0 Å². The Morgan fingerprint density at radius 2 is 1.83 bits per heavy atom. The zero-order valence-corrected chi connectivity index (χ0v) is 16.6. The van der Waals surface area contributed by atoms with Gasteiger partial charge in [0.2, 0.25) is 0 Å². The van der Waals surface area contributed by atoms with Crippen molar-refractivity contribution in [1.82, 2.24) is 9.36 Å². The van der Waals surface area contributed by atoms with Crippen LogP contribution >= 0.6 is 0 Å². The number of furan rings is 1. The van der Waals surface area contributed by atoms with Gasteiger partial charge in [-0.3, -0.25) is 14.3 Å². The molecule has 4 aromatic rings. The number of hydrogen-bond acceptors (Lipinski definition) is 4. The highest BCUT2D eigenvalue weighted by molar-refractivity contribution is 6.13. The molecule has 148 valence electrons. The first-order valence-electron chi connectivity index (χ1n) is 9.15. The minimum absolute atomic E-state index is 0.234. The van der Waals surface area contributed by atoms with Gasteiger partial charge >= 0.3 is 0 Å². The molecule has 0 aliphatic heterocycles. The van der Waals surface area contributed by atoms with E-state index in [1.165, 1.54) is 4.68 Å². The van der Waals surface area contributed by atoms with Crippen molar-refractivity contribution < 1.29 is 13.9 Å². The van der Waals surface area contributed by atoms with Crippen LogP contribution in [0.1, 0.15) is 21.8 Å². The summed E-state index contributed by atoms with van der Waals surface area (Å²) in [5.74, 6) is 0.693. The monoisotopic (exact) mass is 391 g/mol. The Bertz CT molecular complexity index is 1280. The van der Waals surface area contributed by atoms with Gasteiger partial charge in [0.15, 0.2) is 0 Å². The number of nitrogens with one attached hydrogen (secondary N) is 1. The number of benzene rings is 2. The number of carbonyl (C=O) groups excluding carboxylic acids is 1. The van der Waals surface area contributed by atoms with Gasteiger partial charge in [0.05, 0.1) is 24.1 Å². The first kappa shape index (κ1) is 18.6. The summed E-state index contributed by atoms with van der Waals surface area (Å²) < 4.78 is 14.2. The third-order valence-corrected chi connectivity index (χ3v) is 5.09. The highest BCUT2D eigenvalue weighted by atomic mass is 16.5. The third kappa shape index (κ3) is 3.00. The lowest BCUT2D eigenvalue weighted by molar-refractivity contribution is 0.102. The number of para-hydroxylation sites is 1. The van der Waals surface area contributed by atoms with E-state index in [2.05, 4.69) is 5.32 Å². The van der Waals surface area contributed by atoms with Crippen molar-refractivity contribution in [3.05, 3.63) is 75.9 Å². The largest absolute Gasteiger partial charge is 0.497 e. The highest BCUT2D eigenvalue weighted by Gasteiger charge is 2.23. The minimum Gasteiger partial charge on any atom is -0.497 e. The topological polar surface area (TPSA) is 78.4 Å². The molecule has 1 amide bonds. The molecule has 7 heteroatoms. The number of nitrogens with zero attached hydrogens (tertiary/aromatic N) is 2. The predicted octanol–water partition coefficient (Wildman–Crippen LogP) is 3.80. The summed E-state index contributed by atoms with van der Waals surface area (Å²) in [7, 11) is 3.34. The van der Waals surface area contributed by atoms with Crippen LogP contribution in [-0.2, 0) is 7.05 Å². The van der Waals surface area contributed by atoms with Crippen LogP contribution in [0.2, 0.25) is 0 Å². The Morgan fingerprint density at radius 3 is 2.52 bits per heavy atom. The normalized spacial score (nSPS) is 11.0. The van der Waals surface area contributed by atoms with Crippen LogP contribution in [0, 0.1) is 13.8 Å². The SMILES string of the molecule is COc1ccc2oc(C)c(C(=O)Nc3c(C)n(C)n(-c4ccccc4)c3=O)c2c1. The maximum atomic E-state index is 13.1. The molecule has 1 N–H and O–H groups in total. The Hall–Kier alpha value is -3.74. The predicted molar refractivity (Wildman–Crippen MR) is 111 cm³/mol. The second kappa shape index (κ2) is 7.01. The van der Waals surface area contributed by atoms with Crippen LogP contribution in [0.25, 0.3) is 16.7 Å². The molecular formula is C22H21N3O4. The van der Waals surface area contributed by atoms with Crippen molar-refractivity contribution in [3.8, 4) is 11.4 Å². The standard InChI is InChI=1S/C22H21N3O4/c1-13-20(22(27)25(24(13)3)15-8-6-5-7-9-15)23-21(26)19-14(2)29-18-11-10-16(28-4)12-17(18)19/h5-12H,1-4H3,(H,23,26). The van der Waals surface area contributed by atoms with Crippen molar-refractivity contribution in [2.24, 2.45) is 7.05 Å². The van der Waals surface area contributed by atoms with Crippen LogP contribution in [0.4, 0.5) is 5.69 Å². The molecule has 7 nitrogen and oxygen atoms in total. The lowest BCUT2D eigenvalue weighted by Crippen LogP contribution is -2.23. The van der Waals surface area contributed by atoms with Gasteiger partial charge in [0.25, 0.3) is 11.5 Å². The Morgan fingerprint density at radius 1 is 1.10 bits per heavy atom. The lowest BCUT2D eigenvalue weighted by atomic mass is 10.1. The molecule has 0 saturated carbocycles. The third-order valence-electron chi connectivity index (χ3n) is 5.09. The molecule has 2 heterocycles. The van der Waals surface area contributed by atoms with Gasteiger partial charge < -0.3 is 14.5 Å². The van der Waals surface area contributed by atoms with Gasteiger partial charge in [-0.25, -0.2) is 4.68 Å². The molecule has 0 aliphatic carbocycles. The molecule has 0 saturated heterocycles. The fourth-order valence-electron chi connectivity index (χ4n) is 3.50. The molecule has 2 aromatic carbocycles. The van der Waals surface area contributed by atoms with E-state index >= 15 is 0 Å². The number of rotatable bonds is 4. The smallest absolute Gasteiger partial charge is 0.295 e. The molecule has 2 aromatic heterocycles. The molecule has 0 radical (unpaired) electrons. The molecule has 0 bridgehead atoms. The van der Waals surface area contributed by atoms with Gasteiger partial charge in [-0.05, 0) is 44.2 Å². The maximum Gasteiger partial charge on any atom is 0.295 e. The average Bonchev–Trinajstić information content (AvgIpc) is 3.16. The van der Waals surface area contributed by atoms with Crippen molar-refractivity contribution in [2.75, 3.05) is 12.4 Å². The number of anilines is 1. The molecule has 29 heavy (non-hydrogen) atoms. The summed E-state index contributed by atoms with van der Waals surface area (Å²) in [6.07, 6.45) is 0. The molecule has 0 aliphatic rings. The van der Waals surface area contributed by atoms with E-state index in [9.17, 15) is 9.59 Å². The summed E-state index contributed by atoms with van der Waals surface area (Å²) in [4.78, 5) is 26.2. The van der Waals surface area contributed by atoms with E-state index in [0.717, 1.165) is 5.69 Å². The minimum atomic E-state index is -0.402. The van der Waals surface area contributed by atoms with Crippen molar-refractivity contribution in [1.29, 1.82) is 0 Å². The van der Waals surface area contributed by atoms with E-state index in [0.29, 0.717) is 33.7 Å². The molecule has 0 fully saturated rings. The fourth-order valence-corrected chi connectivity index (χ4v) is 3.50. The number of hydrogen-bond donors (Lipinski definition) is 1. The van der Waals surface area contributed by atoms with E-state index in [1.807, 2.05) is 30.3 Å². The first-order chi connectivity index (χ1) is 13.9. The second-order valence-corrected chi connectivity index (χ2v) is 6.79. The van der Waals surface area contributed by atoms with Gasteiger partial charge in [-0.15, -0.1) is 0 Å². The summed E-state index contributed by atoms with van der Waals surface area (Å²) in [6.45, 7) is 3.52. The maximum absolute atomic E-state index is 13.1. The fraction of sp³-hybridized carbons (Fsp3) is 0.182. The number of methoxy groups -OCH3 is 1. The van der Waals surface area contributed by atoms with Crippen LogP contribution < -0.4 is 15.6 Å². The molecule has 4 rings (SSSR count). The van der Waals surface area contributed by atoms with Crippen molar-refractivity contribution >= 4 is 22.6 Å². The van der Waals surface area contributed by atoms with E-state index in [4.69, 9.17) is 9.15 Å². The number of aryl methyl sites for hydroxylation is 1. The van der Waals surface area contributed by atoms with Gasteiger partial charge in [0, 0.05) is 12.4 Å². The van der Waals surface area contributed by atoms with Gasteiger partial charge in [0.1, 0.15) is 22.8 Å². The number of ether oxygens (including phenoxy) is 1. The highest BCUT2D eigenvalue weighted by Crippen LogP contribution is 2.29. The van der Waals surface area contributed by atoms with Crippen LogP contribution in [0.3, 0.4) is 0 Å². The summed E-state index contributed by atoms with van der Waals surface area (Å²) in [6, 6.07) is 14.6. The number of amides is 1. The Kier molecular flexibility index (Phi) is 4.50. The lowest BCUT2D eigenvalue weighted by Gasteiger charge is -2.07. The Labute approximate surface area is 167 Å². The quantitative estimate of drug-likeness (QED) is 0.574. The number of fused-ring (bicyclic) bond motifs is 1. The zero-order chi connectivity index (χ0) is 20.7. The summed E-state index contributed by atoms with van der Waals surface area (Å²) >= 11 is 0. The van der Waals surface area contributed by atoms with Gasteiger partial charge in [-0.1, -0.05) is 18.2 Å².